The van der Waals surface area contributed by atoms with Gasteiger partial charge in [-0.1, -0.05) is 22.4 Å². The van der Waals surface area contributed by atoms with E-state index in [0.29, 0.717) is 11.4 Å². The number of anilines is 1. The minimum Gasteiger partial charge on any atom is -0.471 e. The van der Waals surface area contributed by atoms with Crippen LogP contribution in [0.4, 0.5) is 5.69 Å². The van der Waals surface area contributed by atoms with Gasteiger partial charge in [0.1, 0.15) is 11.5 Å². The van der Waals surface area contributed by atoms with Crippen LogP contribution in [0.2, 0.25) is 0 Å². The van der Waals surface area contributed by atoms with Crippen molar-refractivity contribution in [3.63, 3.8) is 0 Å². The fourth-order valence-electron chi connectivity index (χ4n) is 3.29. The monoisotopic (exact) mass is 458 g/mol. The van der Waals surface area contributed by atoms with Crippen molar-refractivity contribution in [3.05, 3.63) is 64.8 Å². The zero-order chi connectivity index (χ0) is 20.1. The third-order valence-corrected chi connectivity index (χ3v) is 5.31. The maximum absolute atomic E-state index is 12.4. The molecule has 1 aliphatic rings. The lowest BCUT2D eigenvalue weighted by atomic mass is 10.1. The molecule has 2 aromatic heterocycles. The summed E-state index contributed by atoms with van der Waals surface area (Å²) in [7, 11) is 0. The van der Waals surface area contributed by atoms with Gasteiger partial charge in [-0.2, -0.15) is 5.10 Å². The van der Waals surface area contributed by atoms with Crippen LogP contribution >= 0.6 is 15.9 Å². The van der Waals surface area contributed by atoms with Crippen LogP contribution in [0, 0.1) is 0 Å². The lowest BCUT2D eigenvalue weighted by molar-refractivity contribution is 0.0992. The Labute approximate surface area is 177 Å². The highest BCUT2D eigenvalue weighted by molar-refractivity contribution is 9.10. The molecule has 152 valence electrons. The van der Waals surface area contributed by atoms with Crippen LogP contribution in [-0.2, 0) is 13.3 Å². The van der Waals surface area contributed by atoms with Crippen molar-refractivity contribution < 1.29 is 13.9 Å². The van der Waals surface area contributed by atoms with Gasteiger partial charge in [0.15, 0.2) is 12.5 Å². The number of benzene rings is 1. The summed E-state index contributed by atoms with van der Waals surface area (Å²) in [4.78, 5) is 14.8. The summed E-state index contributed by atoms with van der Waals surface area (Å²) in [6.07, 6.45) is 7.05. The number of nitrogens with zero attached hydrogens (tertiary/aromatic N) is 3. The number of halogens is 1. The molecule has 1 aliphatic heterocycles. The van der Waals surface area contributed by atoms with Crippen LogP contribution < -0.4 is 10.1 Å². The average molecular weight is 459 g/mol. The quantitative estimate of drug-likeness (QED) is 0.563. The molecule has 1 saturated heterocycles. The van der Waals surface area contributed by atoms with Crippen molar-refractivity contribution in [1.29, 1.82) is 0 Å². The third kappa shape index (κ3) is 5.48. The van der Waals surface area contributed by atoms with Crippen molar-refractivity contribution >= 4 is 27.5 Å². The first kappa shape index (κ1) is 19.7. The molecule has 3 heterocycles. The SMILES string of the molecule is O=C(Nc1cnn(COc2ccc(Br)cc2)c1)c1ccc(CN2CCCCC2)o1. The molecule has 0 saturated carbocycles. The van der Waals surface area contributed by atoms with Gasteiger partial charge in [-0.05, 0) is 62.3 Å². The average Bonchev–Trinajstić information content (AvgIpc) is 3.38. The third-order valence-electron chi connectivity index (χ3n) is 4.78. The molecule has 8 heteroatoms. The minimum absolute atomic E-state index is 0.248. The highest BCUT2D eigenvalue weighted by Crippen LogP contribution is 2.18. The van der Waals surface area contributed by atoms with E-state index in [0.717, 1.165) is 35.6 Å². The second-order valence-corrected chi connectivity index (χ2v) is 7.97. The Bertz CT molecular complexity index is 945. The maximum atomic E-state index is 12.4. The van der Waals surface area contributed by atoms with Crippen LogP contribution in [0.1, 0.15) is 35.6 Å². The van der Waals surface area contributed by atoms with E-state index in [-0.39, 0.29) is 12.6 Å². The van der Waals surface area contributed by atoms with Gasteiger partial charge in [-0.15, -0.1) is 0 Å². The summed E-state index contributed by atoms with van der Waals surface area (Å²) in [5.74, 6) is 1.57. The van der Waals surface area contributed by atoms with Crippen molar-refractivity contribution in [2.75, 3.05) is 18.4 Å². The number of aromatic nitrogens is 2. The predicted octanol–water partition coefficient (Wildman–Crippen LogP) is 4.51. The van der Waals surface area contributed by atoms with Crippen molar-refractivity contribution in [2.24, 2.45) is 0 Å². The number of furan rings is 1. The molecule has 0 spiro atoms. The Morgan fingerprint density at radius 2 is 1.93 bits per heavy atom. The molecule has 1 N–H and O–H groups in total. The molecule has 1 aromatic carbocycles. The highest BCUT2D eigenvalue weighted by Gasteiger charge is 2.16. The molecule has 3 aromatic rings. The fraction of sp³-hybridized carbons (Fsp3) is 0.333. The summed E-state index contributed by atoms with van der Waals surface area (Å²) in [6.45, 7) is 3.17. The number of carbonyl (C=O) groups excluding carboxylic acids is 1. The van der Waals surface area contributed by atoms with E-state index in [1.54, 1.807) is 23.1 Å². The van der Waals surface area contributed by atoms with Crippen LogP contribution in [-0.4, -0.2) is 33.7 Å². The lowest BCUT2D eigenvalue weighted by Crippen LogP contribution is -2.28. The van der Waals surface area contributed by atoms with Gasteiger partial charge in [0, 0.05) is 4.47 Å². The standard InChI is InChI=1S/C21H23BrN4O3/c22-16-4-6-18(7-5-16)28-15-26-13-17(12-23-26)24-21(27)20-9-8-19(29-20)14-25-10-2-1-3-11-25/h4-9,12-13H,1-3,10-11,14-15H2,(H,24,27). The number of hydrogen-bond donors (Lipinski definition) is 1. The number of ether oxygens (including phenoxy) is 1. The van der Waals surface area contributed by atoms with E-state index < -0.39 is 0 Å². The molecular weight excluding hydrogens is 436 g/mol. The Morgan fingerprint density at radius 3 is 2.72 bits per heavy atom. The Hall–Kier alpha value is -2.58. The first-order chi connectivity index (χ1) is 14.2. The second kappa shape index (κ2) is 9.28. The van der Waals surface area contributed by atoms with Gasteiger partial charge in [0.05, 0.1) is 24.6 Å². The van der Waals surface area contributed by atoms with Gasteiger partial charge in [0.2, 0.25) is 0 Å². The number of hydrogen-bond acceptors (Lipinski definition) is 5. The normalized spacial score (nSPS) is 14.7. The Morgan fingerprint density at radius 1 is 1.14 bits per heavy atom. The topological polar surface area (TPSA) is 72.5 Å². The maximum Gasteiger partial charge on any atom is 0.291 e. The van der Waals surface area contributed by atoms with Crippen molar-refractivity contribution in [1.82, 2.24) is 14.7 Å². The van der Waals surface area contributed by atoms with Crippen LogP contribution in [0.15, 0.2) is 57.7 Å². The first-order valence-corrected chi connectivity index (χ1v) is 10.5. The molecule has 0 bridgehead atoms. The van der Waals surface area contributed by atoms with Gasteiger partial charge in [0.25, 0.3) is 5.91 Å². The van der Waals surface area contributed by atoms with Crippen molar-refractivity contribution in [3.8, 4) is 5.75 Å². The van der Waals surface area contributed by atoms with Crippen LogP contribution in [0.3, 0.4) is 0 Å². The molecule has 7 nitrogen and oxygen atoms in total. The summed E-state index contributed by atoms with van der Waals surface area (Å²) in [5.41, 5.74) is 0.586. The Balaban J connectivity index is 1.29. The number of amides is 1. The predicted molar refractivity (Wildman–Crippen MR) is 113 cm³/mol. The summed E-state index contributed by atoms with van der Waals surface area (Å²) < 4.78 is 14.0. The van der Waals surface area contributed by atoms with E-state index in [9.17, 15) is 4.79 Å². The zero-order valence-corrected chi connectivity index (χ0v) is 17.6. The molecule has 29 heavy (non-hydrogen) atoms. The first-order valence-electron chi connectivity index (χ1n) is 9.69. The highest BCUT2D eigenvalue weighted by atomic mass is 79.9. The summed E-state index contributed by atoms with van der Waals surface area (Å²) in [5, 5.41) is 7.02. The van der Waals surface area contributed by atoms with Crippen LogP contribution in [0.5, 0.6) is 5.75 Å². The van der Waals surface area contributed by atoms with Gasteiger partial charge in [-0.25, -0.2) is 4.68 Å². The van der Waals surface area contributed by atoms with Gasteiger partial charge < -0.3 is 14.5 Å². The van der Waals surface area contributed by atoms with Crippen LogP contribution in [0.25, 0.3) is 0 Å². The van der Waals surface area contributed by atoms with E-state index in [1.807, 2.05) is 30.3 Å². The fourth-order valence-corrected chi connectivity index (χ4v) is 3.55. The summed E-state index contributed by atoms with van der Waals surface area (Å²) >= 11 is 3.39. The van der Waals surface area contributed by atoms with Gasteiger partial charge >= 0.3 is 0 Å². The smallest absolute Gasteiger partial charge is 0.291 e. The van der Waals surface area contributed by atoms with E-state index >= 15 is 0 Å². The van der Waals surface area contributed by atoms with E-state index in [1.165, 1.54) is 19.3 Å². The molecule has 1 fully saturated rings. The number of piperidine rings is 1. The molecule has 0 unspecified atom stereocenters. The largest absolute Gasteiger partial charge is 0.471 e. The van der Waals surface area contributed by atoms with Gasteiger partial charge in [-0.3, -0.25) is 9.69 Å². The lowest BCUT2D eigenvalue weighted by Gasteiger charge is -2.25. The van der Waals surface area contributed by atoms with Crippen molar-refractivity contribution in [2.45, 2.75) is 32.5 Å². The molecule has 4 rings (SSSR count). The molecule has 0 atom stereocenters. The Kier molecular flexibility index (Phi) is 6.31. The minimum atomic E-state index is -0.289. The van der Waals surface area contributed by atoms with E-state index in [2.05, 4.69) is 31.2 Å². The number of likely N-dealkylation sites (tertiary alicyclic amines) is 1. The number of rotatable bonds is 7. The molecule has 0 aliphatic carbocycles. The zero-order valence-electron chi connectivity index (χ0n) is 16.0. The number of carbonyl (C=O) groups is 1. The van der Waals surface area contributed by atoms with E-state index in [4.69, 9.17) is 9.15 Å². The molecular formula is C21H23BrN4O3. The number of nitrogens with one attached hydrogen (secondary N) is 1. The molecule has 1 amide bonds. The molecule has 0 radical (unpaired) electrons. The second-order valence-electron chi connectivity index (χ2n) is 7.05. The summed E-state index contributed by atoms with van der Waals surface area (Å²) in [6, 6.07) is 11.2.